The number of carbonyl (C=O) groups is 1. The normalized spacial score (nSPS) is 11.8. The van der Waals surface area contributed by atoms with Crippen molar-refractivity contribution in [2.75, 3.05) is 6.61 Å². The van der Waals surface area contributed by atoms with Gasteiger partial charge in [-0.2, -0.15) is 0 Å². The predicted octanol–water partition coefficient (Wildman–Crippen LogP) is -0.114. The van der Waals surface area contributed by atoms with Crippen molar-refractivity contribution in [2.24, 2.45) is 5.92 Å². The van der Waals surface area contributed by atoms with E-state index in [1.54, 1.807) is 6.92 Å². The number of aliphatic hydroxyl groups is 2. The second kappa shape index (κ2) is 3.69. The lowest BCUT2D eigenvalue weighted by Crippen LogP contribution is -2.44. The van der Waals surface area contributed by atoms with Crippen LogP contribution >= 0.6 is 0 Å². The van der Waals surface area contributed by atoms with E-state index in [4.69, 9.17) is 10.2 Å². The van der Waals surface area contributed by atoms with E-state index >= 15 is 0 Å². The molecule has 0 saturated carbocycles. The summed E-state index contributed by atoms with van der Waals surface area (Å²) in [5.41, 5.74) is 0. The second-order valence-electron chi connectivity index (χ2n) is 2.60. The van der Waals surface area contributed by atoms with Crippen molar-refractivity contribution in [1.29, 1.82) is 0 Å². The van der Waals surface area contributed by atoms with Crippen molar-refractivity contribution in [3.63, 3.8) is 0 Å². The highest BCUT2D eigenvalue weighted by atomic mass is 16.6. The van der Waals surface area contributed by atoms with Crippen LogP contribution < -0.4 is 0 Å². The van der Waals surface area contributed by atoms with Crippen LogP contribution in [0.3, 0.4) is 0 Å². The van der Waals surface area contributed by atoms with Crippen LogP contribution in [0.2, 0.25) is 0 Å². The van der Waals surface area contributed by atoms with E-state index in [1.165, 1.54) is 13.8 Å². The first kappa shape index (κ1) is 10.4. The molecule has 0 rings (SSSR count). The minimum atomic E-state index is -2.35. The molecule has 0 aromatic heterocycles. The predicted molar refractivity (Wildman–Crippen MR) is 38.6 cm³/mol. The zero-order chi connectivity index (χ0) is 9.07. The fourth-order valence-corrected chi connectivity index (χ4v) is 0.473. The Morgan fingerprint density at radius 1 is 1.55 bits per heavy atom. The lowest BCUT2D eigenvalue weighted by atomic mass is 10.0. The van der Waals surface area contributed by atoms with Crippen molar-refractivity contribution in [1.82, 2.24) is 0 Å². The third-order valence-corrected chi connectivity index (χ3v) is 1.38. The smallest absolute Gasteiger partial charge is 0.366 e. The minimum absolute atomic E-state index is 0.147. The Morgan fingerprint density at radius 2 is 2.00 bits per heavy atom. The maximum atomic E-state index is 10.8. The number of esters is 1. The molecule has 4 heteroatoms. The van der Waals surface area contributed by atoms with Crippen LogP contribution in [0.25, 0.3) is 0 Å². The Hall–Kier alpha value is -0.610. The fraction of sp³-hybridized carbons (Fsp3) is 0.857. The summed E-state index contributed by atoms with van der Waals surface area (Å²) in [6.07, 6.45) is 0. The second-order valence-corrected chi connectivity index (χ2v) is 2.60. The van der Waals surface area contributed by atoms with Gasteiger partial charge >= 0.3 is 5.97 Å². The van der Waals surface area contributed by atoms with Crippen LogP contribution in [0, 0.1) is 5.92 Å². The first-order valence-electron chi connectivity index (χ1n) is 3.54. The molecule has 0 aliphatic carbocycles. The molecule has 0 spiro atoms. The molecule has 0 unspecified atom stereocenters. The molecular formula is C7H14O4. The van der Waals surface area contributed by atoms with Crippen molar-refractivity contribution in [3.05, 3.63) is 0 Å². The van der Waals surface area contributed by atoms with E-state index in [2.05, 4.69) is 4.74 Å². The zero-order valence-corrected chi connectivity index (χ0v) is 7.00. The van der Waals surface area contributed by atoms with Crippen molar-refractivity contribution in [2.45, 2.75) is 26.6 Å². The van der Waals surface area contributed by atoms with Crippen LogP contribution in [0.5, 0.6) is 0 Å². The van der Waals surface area contributed by atoms with Gasteiger partial charge in [0, 0.05) is 5.92 Å². The average molecular weight is 162 g/mol. The Balaban J connectivity index is 4.18. The van der Waals surface area contributed by atoms with E-state index in [0.29, 0.717) is 0 Å². The number of hydrogen-bond donors (Lipinski definition) is 2. The van der Waals surface area contributed by atoms with Crippen LogP contribution in [0.15, 0.2) is 0 Å². The molecule has 2 N–H and O–H groups in total. The van der Waals surface area contributed by atoms with Gasteiger partial charge in [0.25, 0.3) is 5.79 Å². The minimum Gasteiger partial charge on any atom is -0.462 e. The third kappa shape index (κ3) is 2.48. The molecule has 0 amide bonds. The van der Waals surface area contributed by atoms with Crippen molar-refractivity contribution < 1.29 is 19.7 Å². The molecular weight excluding hydrogens is 148 g/mol. The summed E-state index contributed by atoms with van der Waals surface area (Å²) in [6, 6.07) is 0. The van der Waals surface area contributed by atoms with Gasteiger partial charge in [0.2, 0.25) is 0 Å². The third-order valence-electron chi connectivity index (χ3n) is 1.38. The maximum Gasteiger partial charge on any atom is 0.366 e. The van der Waals surface area contributed by atoms with Gasteiger partial charge in [-0.25, -0.2) is 4.79 Å². The lowest BCUT2D eigenvalue weighted by molar-refractivity contribution is -0.223. The highest BCUT2D eigenvalue weighted by molar-refractivity contribution is 5.77. The molecule has 0 fully saturated rings. The van der Waals surface area contributed by atoms with E-state index in [-0.39, 0.29) is 6.61 Å². The summed E-state index contributed by atoms with van der Waals surface area (Å²) in [5.74, 6) is -3.91. The monoisotopic (exact) mass is 162 g/mol. The zero-order valence-electron chi connectivity index (χ0n) is 7.00. The number of ether oxygens (including phenoxy) is 1. The molecule has 0 aromatic carbocycles. The van der Waals surface area contributed by atoms with E-state index in [1.807, 2.05) is 0 Å². The molecule has 0 aromatic rings. The summed E-state index contributed by atoms with van der Waals surface area (Å²) in [4.78, 5) is 10.8. The van der Waals surface area contributed by atoms with E-state index < -0.39 is 17.7 Å². The van der Waals surface area contributed by atoms with Gasteiger partial charge in [-0.1, -0.05) is 13.8 Å². The highest BCUT2D eigenvalue weighted by Crippen LogP contribution is 2.14. The molecule has 0 radical (unpaired) electrons. The van der Waals surface area contributed by atoms with Crippen LogP contribution in [-0.2, 0) is 9.53 Å². The van der Waals surface area contributed by atoms with Gasteiger partial charge in [-0.05, 0) is 6.92 Å². The van der Waals surface area contributed by atoms with Gasteiger partial charge in [-0.3, -0.25) is 0 Å². The van der Waals surface area contributed by atoms with Crippen LogP contribution in [0.1, 0.15) is 20.8 Å². The Kier molecular flexibility index (Phi) is 3.48. The van der Waals surface area contributed by atoms with E-state index in [0.717, 1.165) is 0 Å². The van der Waals surface area contributed by atoms with E-state index in [9.17, 15) is 4.79 Å². The summed E-state index contributed by atoms with van der Waals surface area (Å²) in [5, 5.41) is 18.1. The van der Waals surface area contributed by atoms with Gasteiger partial charge < -0.3 is 14.9 Å². The molecule has 0 aliphatic heterocycles. The first-order chi connectivity index (χ1) is 4.92. The van der Waals surface area contributed by atoms with Gasteiger partial charge in [-0.15, -0.1) is 0 Å². The topological polar surface area (TPSA) is 66.8 Å². The molecule has 66 valence electrons. The van der Waals surface area contributed by atoms with Gasteiger partial charge in [0.1, 0.15) is 0 Å². The number of hydrogen-bond acceptors (Lipinski definition) is 4. The summed E-state index contributed by atoms with van der Waals surface area (Å²) < 4.78 is 4.43. The molecule has 0 saturated heterocycles. The largest absolute Gasteiger partial charge is 0.462 e. The maximum absolute atomic E-state index is 10.8. The Bertz CT molecular complexity index is 139. The summed E-state index contributed by atoms with van der Waals surface area (Å²) in [7, 11) is 0. The van der Waals surface area contributed by atoms with Crippen molar-refractivity contribution in [3.8, 4) is 0 Å². The fourth-order valence-electron chi connectivity index (χ4n) is 0.473. The standard InChI is InChI=1S/C7H14O4/c1-4-11-6(8)7(9,10)5(2)3/h5,9-10H,4H2,1-3H3. The first-order valence-corrected chi connectivity index (χ1v) is 3.54. The Morgan fingerprint density at radius 3 is 2.27 bits per heavy atom. The molecule has 0 heterocycles. The number of rotatable bonds is 3. The summed E-state index contributed by atoms with van der Waals surface area (Å²) in [6.45, 7) is 4.80. The van der Waals surface area contributed by atoms with Crippen LogP contribution in [-0.4, -0.2) is 28.6 Å². The van der Waals surface area contributed by atoms with Crippen molar-refractivity contribution >= 4 is 5.97 Å². The number of carbonyl (C=O) groups excluding carboxylic acids is 1. The molecule has 11 heavy (non-hydrogen) atoms. The highest BCUT2D eigenvalue weighted by Gasteiger charge is 2.38. The quantitative estimate of drug-likeness (QED) is 0.448. The Labute approximate surface area is 65.8 Å². The molecule has 0 aliphatic rings. The van der Waals surface area contributed by atoms with Gasteiger partial charge in [0.05, 0.1) is 6.61 Å². The average Bonchev–Trinajstić information content (AvgIpc) is 1.88. The van der Waals surface area contributed by atoms with Gasteiger partial charge in [0.15, 0.2) is 0 Å². The lowest BCUT2D eigenvalue weighted by Gasteiger charge is -2.22. The molecule has 0 atom stereocenters. The molecule has 4 nitrogen and oxygen atoms in total. The molecule has 0 bridgehead atoms. The summed E-state index contributed by atoms with van der Waals surface area (Å²) >= 11 is 0. The van der Waals surface area contributed by atoms with Crippen LogP contribution in [0.4, 0.5) is 0 Å². The SMILES string of the molecule is CCOC(=O)C(O)(O)C(C)C.